The lowest BCUT2D eigenvalue weighted by Gasteiger charge is -2.06. The number of aromatic hydroxyl groups is 2. The zero-order chi connectivity index (χ0) is 13.8. The molecule has 1 aromatic carbocycles. The predicted octanol–water partition coefficient (Wildman–Crippen LogP) is 0.199. The van der Waals surface area contributed by atoms with Gasteiger partial charge in [0.05, 0.1) is 5.56 Å². The van der Waals surface area contributed by atoms with Crippen molar-refractivity contribution in [3.63, 3.8) is 0 Å². The molecule has 1 aromatic heterocycles. The number of phenols is 2. The monoisotopic (exact) mass is 262 g/mol. The molecule has 0 radical (unpaired) electrons. The smallest absolute Gasteiger partial charge is 0.255 e. The van der Waals surface area contributed by atoms with Gasteiger partial charge >= 0.3 is 0 Å². The van der Waals surface area contributed by atoms with Crippen molar-refractivity contribution in [1.82, 2.24) is 20.1 Å². The Balaban J connectivity index is 1.92. The molecule has 1 heterocycles. The Bertz CT molecular complexity index is 594. The van der Waals surface area contributed by atoms with Gasteiger partial charge in [0.15, 0.2) is 5.82 Å². The third-order valence-electron chi connectivity index (χ3n) is 2.51. The number of phenolic OH excluding ortho intramolecular Hbond substituents is 2. The molecule has 0 saturated heterocycles. The van der Waals surface area contributed by atoms with E-state index in [0.29, 0.717) is 18.8 Å². The largest absolute Gasteiger partial charge is 0.508 e. The third-order valence-corrected chi connectivity index (χ3v) is 2.51. The van der Waals surface area contributed by atoms with Gasteiger partial charge in [-0.3, -0.25) is 9.48 Å². The second-order valence-corrected chi connectivity index (χ2v) is 4.04. The SMILES string of the molecule is Cn1cnc(CCNC(=O)c2cc(O)ccc2O)n1. The van der Waals surface area contributed by atoms with Gasteiger partial charge in [0.25, 0.3) is 5.91 Å². The second-order valence-electron chi connectivity index (χ2n) is 4.04. The quantitative estimate of drug-likeness (QED) is 0.683. The summed E-state index contributed by atoms with van der Waals surface area (Å²) in [5.41, 5.74) is 0.0361. The lowest BCUT2D eigenvalue weighted by molar-refractivity contribution is 0.0951. The van der Waals surface area contributed by atoms with Gasteiger partial charge in [0.2, 0.25) is 0 Å². The minimum absolute atomic E-state index is 0.0361. The highest BCUT2D eigenvalue weighted by Gasteiger charge is 2.11. The minimum atomic E-state index is -0.454. The molecule has 0 bridgehead atoms. The average molecular weight is 262 g/mol. The van der Waals surface area contributed by atoms with Crippen LogP contribution in [0.1, 0.15) is 16.2 Å². The summed E-state index contributed by atoms with van der Waals surface area (Å²) in [5, 5.41) is 25.5. The predicted molar refractivity (Wildman–Crippen MR) is 66.8 cm³/mol. The van der Waals surface area contributed by atoms with Crippen LogP contribution >= 0.6 is 0 Å². The number of rotatable bonds is 4. The normalized spacial score (nSPS) is 10.4. The molecule has 0 saturated carbocycles. The Morgan fingerprint density at radius 1 is 1.42 bits per heavy atom. The fraction of sp³-hybridized carbons (Fsp3) is 0.250. The van der Waals surface area contributed by atoms with Crippen molar-refractivity contribution in [2.24, 2.45) is 7.05 Å². The van der Waals surface area contributed by atoms with E-state index in [-0.39, 0.29) is 17.1 Å². The lowest BCUT2D eigenvalue weighted by atomic mass is 10.1. The molecule has 100 valence electrons. The van der Waals surface area contributed by atoms with Crippen LogP contribution in [-0.4, -0.2) is 37.4 Å². The topological polar surface area (TPSA) is 100 Å². The molecule has 0 aliphatic heterocycles. The van der Waals surface area contributed by atoms with Crippen molar-refractivity contribution in [3.05, 3.63) is 35.9 Å². The summed E-state index contributed by atoms with van der Waals surface area (Å²) in [6.07, 6.45) is 2.07. The van der Waals surface area contributed by atoms with Gasteiger partial charge in [-0.1, -0.05) is 0 Å². The molecule has 0 unspecified atom stereocenters. The van der Waals surface area contributed by atoms with Gasteiger partial charge in [-0.05, 0) is 18.2 Å². The molecule has 19 heavy (non-hydrogen) atoms. The van der Waals surface area contributed by atoms with Gasteiger partial charge in [0, 0.05) is 20.0 Å². The van der Waals surface area contributed by atoms with Crippen molar-refractivity contribution < 1.29 is 15.0 Å². The van der Waals surface area contributed by atoms with Crippen molar-refractivity contribution in [1.29, 1.82) is 0 Å². The third kappa shape index (κ3) is 3.21. The summed E-state index contributed by atoms with van der Waals surface area (Å²) in [6.45, 7) is 0.345. The number of hydrogen-bond donors (Lipinski definition) is 3. The van der Waals surface area contributed by atoms with E-state index in [4.69, 9.17) is 0 Å². The fourth-order valence-electron chi connectivity index (χ4n) is 1.59. The highest BCUT2D eigenvalue weighted by Crippen LogP contribution is 2.21. The van der Waals surface area contributed by atoms with Crippen LogP contribution < -0.4 is 5.32 Å². The maximum Gasteiger partial charge on any atom is 0.255 e. The number of nitrogens with one attached hydrogen (secondary N) is 1. The number of aryl methyl sites for hydroxylation is 1. The van der Waals surface area contributed by atoms with E-state index in [9.17, 15) is 15.0 Å². The first-order chi connectivity index (χ1) is 9.06. The van der Waals surface area contributed by atoms with Crippen LogP contribution in [-0.2, 0) is 13.5 Å². The first kappa shape index (κ1) is 12.9. The summed E-state index contributed by atoms with van der Waals surface area (Å²) in [5.74, 6) is -0.0761. The first-order valence-corrected chi connectivity index (χ1v) is 5.71. The van der Waals surface area contributed by atoms with Gasteiger partial charge < -0.3 is 15.5 Å². The highest BCUT2D eigenvalue weighted by atomic mass is 16.3. The zero-order valence-corrected chi connectivity index (χ0v) is 10.4. The summed E-state index contributed by atoms with van der Waals surface area (Å²) in [7, 11) is 1.76. The Kier molecular flexibility index (Phi) is 3.65. The van der Waals surface area contributed by atoms with Crippen LogP contribution in [0.25, 0.3) is 0 Å². The number of amides is 1. The molecule has 7 nitrogen and oxygen atoms in total. The Morgan fingerprint density at radius 3 is 2.89 bits per heavy atom. The number of benzene rings is 1. The molecule has 0 fully saturated rings. The summed E-state index contributed by atoms with van der Waals surface area (Å²) in [6, 6.07) is 3.79. The number of nitrogens with zero attached hydrogens (tertiary/aromatic N) is 3. The van der Waals surface area contributed by atoms with Crippen molar-refractivity contribution >= 4 is 5.91 Å². The zero-order valence-electron chi connectivity index (χ0n) is 10.4. The van der Waals surface area contributed by atoms with Crippen LogP contribution in [0.15, 0.2) is 24.5 Å². The maximum absolute atomic E-state index is 11.8. The Morgan fingerprint density at radius 2 is 2.21 bits per heavy atom. The van der Waals surface area contributed by atoms with Crippen LogP contribution in [0.2, 0.25) is 0 Å². The van der Waals surface area contributed by atoms with E-state index in [0.717, 1.165) is 0 Å². The van der Waals surface area contributed by atoms with Crippen LogP contribution in [0, 0.1) is 0 Å². The molecule has 7 heteroatoms. The standard InChI is InChI=1S/C12H14N4O3/c1-16-7-14-11(15-16)4-5-13-12(19)9-6-8(17)2-3-10(9)18/h2-3,6-7,17-18H,4-5H2,1H3,(H,13,19). The molecule has 0 aliphatic rings. The van der Waals surface area contributed by atoms with Gasteiger partial charge in [-0.15, -0.1) is 0 Å². The Hall–Kier alpha value is -2.57. The minimum Gasteiger partial charge on any atom is -0.508 e. The number of aromatic nitrogens is 3. The molecule has 1 amide bonds. The van der Waals surface area contributed by atoms with Gasteiger partial charge in [-0.2, -0.15) is 5.10 Å². The number of carbonyl (C=O) groups excluding carboxylic acids is 1. The fourth-order valence-corrected chi connectivity index (χ4v) is 1.59. The molecule has 2 aromatic rings. The van der Waals surface area contributed by atoms with Crippen molar-refractivity contribution in [3.8, 4) is 11.5 Å². The van der Waals surface area contributed by atoms with E-state index in [1.54, 1.807) is 18.1 Å². The number of hydrogen-bond acceptors (Lipinski definition) is 5. The van der Waals surface area contributed by atoms with E-state index < -0.39 is 5.91 Å². The molecule has 3 N–H and O–H groups in total. The van der Waals surface area contributed by atoms with Crippen molar-refractivity contribution in [2.45, 2.75) is 6.42 Å². The van der Waals surface area contributed by atoms with E-state index in [2.05, 4.69) is 15.4 Å². The summed E-state index contributed by atoms with van der Waals surface area (Å²) >= 11 is 0. The molecule has 0 atom stereocenters. The molecular formula is C12H14N4O3. The Labute approximate surface area is 109 Å². The summed E-state index contributed by atoms with van der Waals surface area (Å²) < 4.78 is 1.58. The van der Waals surface area contributed by atoms with Crippen LogP contribution in [0.5, 0.6) is 11.5 Å². The van der Waals surface area contributed by atoms with Gasteiger partial charge in [-0.25, -0.2) is 4.98 Å². The molecule has 2 rings (SSSR count). The van der Waals surface area contributed by atoms with Crippen LogP contribution in [0.4, 0.5) is 0 Å². The maximum atomic E-state index is 11.8. The van der Waals surface area contributed by atoms with E-state index >= 15 is 0 Å². The summed E-state index contributed by atoms with van der Waals surface area (Å²) in [4.78, 5) is 15.8. The average Bonchev–Trinajstić information content (AvgIpc) is 2.78. The highest BCUT2D eigenvalue weighted by molar-refractivity contribution is 5.97. The second kappa shape index (κ2) is 5.38. The lowest BCUT2D eigenvalue weighted by Crippen LogP contribution is -2.26. The van der Waals surface area contributed by atoms with E-state index in [1.807, 2.05) is 0 Å². The molecular weight excluding hydrogens is 248 g/mol. The molecule has 0 aliphatic carbocycles. The van der Waals surface area contributed by atoms with Gasteiger partial charge in [0.1, 0.15) is 17.8 Å². The van der Waals surface area contributed by atoms with Crippen molar-refractivity contribution in [2.75, 3.05) is 6.54 Å². The van der Waals surface area contributed by atoms with Crippen LogP contribution in [0.3, 0.4) is 0 Å². The number of carbonyl (C=O) groups is 1. The van der Waals surface area contributed by atoms with E-state index in [1.165, 1.54) is 18.2 Å². The molecule has 0 spiro atoms. The first-order valence-electron chi connectivity index (χ1n) is 5.71.